The summed E-state index contributed by atoms with van der Waals surface area (Å²) in [5, 5.41) is 5.77. The highest BCUT2D eigenvalue weighted by molar-refractivity contribution is 6.18. The van der Waals surface area contributed by atoms with Crippen molar-refractivity contribution >= 4 is 23.2 Å². The van der Waals surface area contributed by atoms with Crippen LogP contribution in [0, 0.1) is 5.41 Å². The summed E-state index contributed by atoms with van der Waals surface area (Å²) in [6.07, 6.45) is 3.22. The lowest BCUT2D eigenvalue weighted by atomic mass is 9.78. The third-order valence-corrected chi connectivity index (χ3v) is 3.99. The van der Waals surface area contributed by atoms with Crippen molar-refractivity contribution < 1.29 is 9.59 Å². The van der Waals surface area contributed by atoms with Crippen molar-refractivity contribution in [1.29, 1.82) is 0 Å². The van der Waals surface area contributed by atoms with Gasteiger partial charge in [-0.3, -0.25) is 9.59 Å². The number of hydrogen-bond donors (Lipinski definition) is 2. The monoisotopic (exact) mass is 301 g/mol. The van der Waals surface area contributed by atoms with Crippen LogP contribution in [0.4, 0.5) is 11.4 Å². The highest BCUT2D eigenvalue weighted by atomic mass is 16.2. The summed E-state index contributed by atoms with van der Waals surface area (Å²) < 4.78 is 0. The summed E-state index contributed by atoms with van der Waals surface area (Å²) in [4.78, 5) is 27.5. The topological polar surface area (TPSA) is 61.4 Å². The van der Waals surface area contributed by atoms with Gasteiger partial charge < -0.3 is 15.5 Å². The largest absolute Gasteiger partial charge is 0.323 e. The average molecular weight is 301 g/mol. The zero-order valence-electron chi connectivity index (χ0n) is 13.2. The van der Waals surface area contributed by atoms with Gasteiger partial charge in [0, 0.05) is 0 Å². The molecule has 2 amide bonds. The van der Waals surface area contributed by atoms with Gasteiger partial charge in [-0.2, -0.15) is 0 Å². The molecular weight excluding hydrogens is 278 g/mol. The second-order valence-corrected chi connectivity index (χ2v) is 5.94. The van der Waals surface area contributed by atoms with E-state index in [-0.39, 0.29) is 11.8 Å². The van der Waals surface area contributed by atoms with Crippen molar-refractivity contribution in [2.24, 2.45) is 5.41 Å². The van der Waals surface area contributed by atoms with Crippen LogP contribution in [0.15, 0.2) is 36.9 Å². The van der Waals surface area contributed by atoms with Gasteiger partial charge in [0.25, 0.3) is 0 Å². The summed E-state index contributed by atoms with van der Waals surface area (Å²) in [5.74, 6) is -0.512. The van der Waals surface area contributed by atoms with Crippen molar-refractivity contribution in [2.45, 2.75) is 19.3 Å². The number of nitrogens with one attached hydrogen (secondary N) is 2. The predicted molar refractivity (Wildman–Crippen MR) is 88.7 cm³/mol. The van der Waals surface area contributed by atoms with Crippen LogP contribution in [0.5, 0.6) is 0 Å². The third-order valence-electron chi connectivity index (χ3n) is 3.99. The van der Waals surface area contributed by atoms with Crippen molar-refractivity contribution in [3.63, 3.8) is 0 Å². The number of rotatable bonds is 6. The molecule has 5 heteroatoms. The minimum absolute atomic E-state index is 0.256. The summed E-state index contributed by atoms with van der Waals surface area (Å²) in [6, 6.07) is 7.24. The van der Waals surface area contributed by atoms with Gasteiger partial charge in [0.2, 0.25) is 11.8 Å². The van der Waals surface area contributed by atoms with Gasteiger partial charge in [-0.1, -0.05) is 18.2 Å². The van der Waals surface area contributed by atoms with Crippen LogP contribution >= 0.6 is 0 Å². The number of allylic oxidation sites excluding steroid dienone is 1. The second-order valence-electron chi connectivity index (χ2n) is 5.94. The van der Waals surface area contributed by atoms with Gasteiger partial charge in [0.05, 0.1) is 11.4 Å². The van der Waals surface area contributed by atoms with Gasteiger partial charge in [-0.05, 0) is 52.0 Å². The molecule has 2 rings (SSSR count). The molecular formula is C17H23N3O2. The minimum Gasteiger partial charge on any atom is -0.323 e. The van der Waals surface area contributed by atoms with Gasteiger partial charge in [-0.25, -0.2) is 0 Å². The molecule has 118 valence electrons. The first-order valence-electron chi connectivity index (χ1n) is 7.47. The lowest BCUT2D eigenvalue weighted by Crippen LogP contribution is -2.44. The Balaban J connectivity index is 2.30. The highest BCUT2D eigenvalue weighted by Gasteiger charge is 2.46. The molecule has 0 saturated heterocycles. The first-order chi connectivity index (χ1) is 10.5. The molecule has 1 aliphatic rings. The Morgan fingerprint density at radius 1 is 1.14 bits per heavy atom. The van der Waals surface area contributed by atoms with E-state index in [0.717, 1.165) is 13.0 Å². The Kier molecular flexibility index (Phi) is 4.98. The van der Waals surface area contributed by atoms with Crippen molar-refractivity contribution in [3.05, 3.63) is 36.9 Å². The SMILES string of the molecule is C=CCC1(CCCN(C)C)C(=O)Nc2ccccc2NC1=O. The molecule has 0 radical (unpaired) electrons. The van der Waals surface area contributed by atoms with Gasteiger partial charge in [0.1, 0.15) is 5.41 Å². The lowest BCUT2D eigenvalue weighted by Gasteiger charge is -2.28. The lowest BCUT2D eigenvalue weighted by molar-refractivity contribution is -0.137. The van der Waals surface area contributed by atoms with Gasteiger partial charge in [-0.15, -0.1) is 6.58 Å². The van der Waals surface area contributed by atoms with Crippen molar-refractivity contribution in [1.82, 2.24) is 4.90 Å². The Labute approximate surface area is 131 Å². The van der Waals surface area contributed by atoms with E-state index in [1.807, 2.05) is 31.1 Å². The number of amides is 2. The molecule has 1 aromatic carbocycles. The molecule has 1 heterocycles. The van der Waals surface area contributed by atoms with Crippen LogP contribution < -0.4 is 10.6 Å². The summed E-state index contributed by atoms with van der Waals surface area (Å²) in [7, 11) is 3.95. The normalized spacial score (nSPS) is 16.5. The molecule has 0 aromatic heterocycles. The van der Waals surface area contributed by atoms with Crippen LogP contribution in [-0.2, 0) is 9.59 Å². The maximum absolute atomic E-state index is 12.7. The smallest absolute Gasteiger partial charge is 0.240 e. The molecule has 0 spiro atoms. The van der Waals surface area contributed by atoms with E-state index in [0.29, 0.717) is 24.2 Å². The first-order valence-corrected chi connectivity index (χ1v) is 7.47. The van der Waals surface area contributed by atoms with Crippen LogP contribution in [0.1, 0.15) is 19.3 Å². The molecule has 22 heavy (non-hydrogen) atoms. The second kappa shape index (κ2) is 6.75. The Morgan fingerprint density at radius 2 is 1.68 bits per heavy atom. The molecule has 0 fully saturated rings. The molecule has 0 saturated carbocycles. The zero-order chi connectivity index (χ0) is 16.2. The molecule has 0 unspecified atom stereocenters. The first kappa shape index (κ1) is 16.2. The predicted octanol–water partition coefficient (Wildman–Crippen LogP) is 2.48. The number of hydrogen-bond acceptors (Lipinski definition) is 3. The standard InChI is InChI=1S/C17H23N3O2/c1-4-10-17(11-7-12-20(2)3)15(21)18-13-8-5-6-9-14(13)19-16(17)22/h4-6,8-9H,1,7,10-12H2,2-3H3,(H,18,21)(H,19,22). The molecule has 0 atom stereocenters. The summed E-state index contributed by atoms with van der Waals surface area (Å²) in [6.45, 7) is 4.55. The number of anilines is 2. The molecule has 0 bridgehead atoms. The molecule has 1 aliphatic heterocycles. The Morgan fingerprint density at radius 3 is 2.14 bits per heavy atom. The summed E-state index contributed by atoms with van der Waals surface area (Å²) >= 11 is 0. The minimum atomic E-state index is -1.10. The maximum Gasteiger partial charge on any atom is 0.240 e. The molecule has 0 aliphatic carbocycles. The maximum atomic E-state index is 12.7. The van der Waals surface area contributed by atoms with Gasteiger partial charge >= 0.3 is 0 Å². The molecule has 1 aromatic rings. The number of nitrogens with zero attached hydrogens (tertiary/aromatic N) is 1. The van der Waals surface area contributed by atoms with E-state index < -0.39 is 5.41 Å². The fourth-order valence-corrected chi connectivity index (χ4v) is 2.75. The van der Waals surface area contributed by atoms with Crippen LogP contribution in [-0.4, -0.2) is 37.4 Å². The quantitative estimate of drug-likeness (QED) is 0.627. The van der Waals surface area contributed by atoms with E-state index in [2.05, 4.69) is 17.2 Å². The Bertz CT molecular complexity index is 544. The number of para-hydroxylation sites is 2. The van der Waals surface area contributed by atoms with Crippen LogP contribution in [0.25, 0.3) is 0 Å². The molecule has 5 nitrogen and oxygen atoms in total. The van der Waals surface area contributed by atoms with Crippen molar-refractivity contribution in [3.8, 4) is 0 Å². The Hall–Kier alpha value is -2.14. The molecule has 2 N–H and O–H groups in total. The number of fused-ring (bicyclic) bond motifs is 1. The van der Waals surface area contributed by atoms with E-state index in [1.54, 1.807) is 18.2 Å². The van der Waals surface area contributed by atoms with E-state index in [4.69, 9.17) is 0 Å². The van der Waals surface area contributed by atoms with Crippen molar-refractivity contribution in [2.75, 3.05) is 31.3 Å². The van der Waals surface area contributed by atoms with E-state index >= 15 is 0 Å². The summed E-state index contributed by atoms with van der Waals surface area (Å²) in [5.41, 5.74) is 0.176. The number of benzene rings is 1. The third kappa shape index (κ3) is 3.20. The fourth-order valence-electron chi connectivity index (χ4n) is 2.75. The van der Waals surface area contributed by atoms with Crippen LogP contribution in [0.2, 0.25) is 0 Å². The highest BCUT2D eigenvalue weighted by Crippen LogP contribution is 2.37. The number of carbonyl (C=O) groups excluding carboxylic acids is 2. The van der Waals surface area contributed by atoms with E-state index in [1.165, 1.54) is 0 Å². The van der Waals surface area contributed by atoms with Crippen LogP contribution in [0.3, 0.4) is 0 Å². The number of carbonyl (C=O) groups is 2. The zero-order valence-corrected chi connectivity index (χ0v) is 13.2. The average Bonchev–Trinajstić information content (AvgIpc) is 2.56. The fraction of sp³-hybridized carbons (Fsp3) is 0.412. The van der Waals surface area contributed by atoms with E-state index in [9.17, 15) is 9.59 Å². The van der Waals surface area contributed by atoms with Gasteiger partial charge in [0.15, 0.2) is 0 Å².